The molecular formula is C24H28. The van der Waals surface area contributed by atoms with Crippen molar-refractivity contribution in [1.29, 1.82) is 0 Å². The first-order valence-electron chi connectivity index (χ1n) is 8.22. The van der Waals surface area contributed by atoms with Crippen LogP contribution in [0.2, 0.25) is 0 Å². The van der Waals surface area contributed by atoms with Crippen LogP contribution in [0, 0.1) is 6.92 Å². The highest BCUT2D eigenvalue weighted by molar-refractivity contribution is 5.99. The van der Waals surface area contributed by atoms with Crippen LogP contribution in [0.15, 0.2) is 72.8 Å². The molecule has 3 rings (SSSR count). The van der Waals surface area contributed by atoms with Crippen molar-refractivity contribution in [3.05, 3.63) is 95.1 Å². The Morgan fingerprint density at radius 3 is 2.25 bits per heavy atom. The number of benzene rings is 2. The summed E-state index contributed by atoms with van der Waals surface area (Å²) in [4.78, 5) is 0. The number of aryl methyl sites for hydroxylation is 1. The summed E-state index contributed by atoms with van der Waals surface area (Å²) in [5.74, 6) is 0. The zero-order valence-corrected chi connectivity index (χ0v) is 14.5. The van der Waals surface area contributed by atoms with E-state index in [1.54, 1.807) is 0 Å². The molecular weight excluding hydrogens is 288 g/mol. The van der Waals surface area contributed by atoms with E-state index in [-0.39, 0.29) is 12.8 Å². The SMILES string of the molecule is C.C=CC1=C(/C(=C\C)c2ccccc2C)C(C)(C)c2ccccc21. The third-order valence-electron chi connectivity index (χ3n) is 4.98. The molecule has 24 heavy (non-hydrogen) atoms. The molecule has 0 aliphatic heterocycles. The molecule has 0 amide bonds. The fourth-order valence-electron chi connectivity index (χ4n) is 3.87. The van der Waals surface area contributed by atoms with E-state index in [0.717, 1.165) is 0 Å². The maximum Gasteiger partial charge on any atom is 0.0164 e. The standard InChI is InChI=1S/C23H24.CH4/c1-6-17(19-13-9-8-12-16(19)3)22-18(7-2)20-14-10-11-15-21(20)23(22,4)5;/h6-15H,2H2,1,3-5H3;1H4/b17-6-;. The predicted octanol–water partition coefficient (Wildman–Crippen LogP) is 6.97. The fraction of sp³-hybridized carbons (Fsp3) is 0.250. The van der Waals surface area contributed by atoms with Crippen LogP contribution in [0.3, 0.4) is 0 Å². The molecule has 1 aliphatic carbocycles. The lowest BCUT2D eigenvalue weighted by atomic mass is 9.75. The van der Waals surface area contributed by atoms with Crippen molar-refractivity contribution in [2.45, 2.75) is 40.5 Å². The Kier molecular flexibility index (Phi) is 4.99. The Morgan fingerprint density at radius 2 is 1.62 bits per heavy atom. The molecule has 124 valence electrons. The first-order chi connectivity index (χ1) is 11.0. The number of allylic oxidation sites excluding steroid dienone is 5. The molecule has 0 bridgehead atoms. The maximum absolute atomic E-state index is 4.11. The highest BCUT2D eigenvalue weighted by Crippen LogP contribution is 2.51. The van der Waals surface area contributed by atoms with E-state index in [1.807, 2.05) is 6.08 Å². The molecule has 0 aromatic heterocycles. The predicted molar refractivity (Wildman–Crippen MR) is 108 cm³/mol. The van der Waals surface area contributed by atoms with Gasteiger partial charge in [-0.2, -0.15) is 0 Å². The minimum Gasteiger partial charge on any atom is -0.0984 e. The molecule has 2 aromatic rings. The molecule has 0 heterocycles. The minimum absolute atomic E-state index is 0. The van der Waals surface area contributed by atoms with Crippen molar-refractivity contribution in [2.24, 2.45) is 0 Å². The van der Waals surface area contributed by atoms with E-state index in [0.29, 0.717) is 0 Å². The van der Waals surface area contributed by atoms with Gasteiger partial charge in [0, 0.05) is 5.41 Å². The van der Waals surface area contributed by atoms with E-state index in [1.165, 1.54) is 39.0 Å². The summed E-state index contributed by atoms with van der Waals surface area (Å²) in [5, 5.41) is 0. The summed E-state index contributed by atoms with van der Waals surface area (Å²) < 4.78 is 0. The summed E-state index contributed by atoms with van der Waals surface area (Å²) in [7, 11) is 0. The van der Waals surface area contributed by atoms with E-state index in [2.05, 4.69) is 88.9 Å². The molecule has 0 atom stereocenters. The zero-order chi connectivity index (χ0) is 16.6. The maximum atomic E-state index is 4.11. The van der Waals surface area contributed by atoms with Crippen molar-refractivity contribution in [3.8, 4) is 0 Å². The molecule has 0 nitrogen and oxygen atoms in total. The average molecular weight is 316 g/mol. The quantitative estimate of drug-likeness (QED) is 0.574. The topological polar surface area (TPSA) is 0 Å². The highest BCUT2D eigenvalue weighted by atomic mass is 14.4. The molecule has 0 N–H and O–H groups in total. The Labute approximate surface area is 147 Å². The second-order valence-electron chi connectivity index (χ2n) is 6.68. The summed E-state index contributed by atoms with van der Waals surface area (Å²) in [6.45, 7) is 13.1. The van der Waals surface area contributed by atoms with Crippen molar-refractivity contribution in [1.82, 2.24) is 0 Å². The van der Waals surface area contributed by atoms with Crippen molar-refractivity contribution < 1.29 is 0 Å². The van der Waals surface area contributed by atoms with Gasteiger partial charge in [0.15, 0.2) is 0 Å². The summed E-state index contributed by atoms with van der Waals surface area (Å²) in [6.07, 6.45) is 4.26. The highest BCUT2D eigenvalue weighted by Gasteiger charge is 2.38. The normalized spacial score (nSPS) is 15.8. The van der Waals surface area contributed by atoms with Gasteiger partial charge in [0.25, 0.3) is 0 Å². The Balaban J connectivity index is 0.00000208. The first kappa shape index (κ1) is 18.0. The fourth-order valence-corrected chi connectivity index (χ4v) is 3.87. The van der Waals surface area contributed by atoms with Gasteiger partial charge < -0.3 is 0 Å². The smallest absolute Gasteiger partial charge is 0.0164 e. The van der Waals surface area contributed by atoms with Crippen LogP contribution in [0.5, 0.6) is 0 Å². The van der Waals surface area contributed by atoms with Gasteiger partial charge in [-0.3, -0.25) is 0 Å². The number of fused-ring (bicyclic) bond motifs is 1. The van der Waals surface area contributed by atoms with E-state index >= 15 is 0 Å². The first-order valence-corrected chi connectivity index (χ1v) is 8.22. The lowest BCUT2D eigenvalue weighted by Gasteiger charge is -2.27. The molecule has 0 fully saturated rings. The van der Waals surface area contributed by atoms with Crippen LogP contribution in [0.1, 0.15) is 50.5 Å². The third-order valence-corrected chi connectivity index (χ3v) is 4.98. The molecule has 0 saturated heterocycles. The lowest BCUT2D eigenvalue weighted by molar-refractivity contribution is 0.658. The van der Waals surface area contributed by atoms with Crippen LogP contribution >= 0.6 is 0 Å². The Bertz CT molecular complexity index is 829. The van der Waals surface area contributed by atoms with E-state index in [4.69, 9.17) is 0 Å². The molecule has 0 spiro atoms. The van der Waals surface area contributed by atoms with Gasteiger partial charge in [0.2, 0.25) is 0 Å². The van der Waals surface area contributed by atoms with E-state index < -0.39 is 0 Å². The zero-order valence-electron chi connectivity index (χ0n) is 14.5. The van der Waals surface area contributed by atoms with Gasteiger partial charge in [-0.1, -0.05) is 88.5 Å². The number of rotatable bonds is 3. The van der Waals surface area contributed by atoms with Crippen LogP contribution in [0.25, 0.3) is 11.1 Å². The number of hydrogen-bond acceptors (Lipinski definition) is 0. The molecule has 2 aromatic carbocycles. The molecule has 1 aliphatic rings. The van der Waals surface area contributed by atoms with Gasteiger partial charge in [-0.05, 0) is 52.8 Å². The summed E-state index contributed by atoms with van der Waals surface area (Å²) in [5.41, 5.74) is 9.26. The van der Waals surface area contributed by atoms with Gasteiger partial charge in [0.1, 0.15) is 0 Å². The second kappa shape index (κ2) is 6.65. The third kappa shape index (κ3) is 2.57. The average Bonchev–Trinajstić information content (AvgIpc) is 2.78. The monoisotopic (exact) mass is 316 g/mol. The summed E-state index contributed by atoms with van der Waals surface area (Å²) >= 11 is 0. The van der Waals surface area contributed by atoms with Gasteiger partial charge in [0.05, 0.1) is 0 Å². The molecule has 0 unspecified atom stereocenters. The number of hydrogen-bond donors (Lipinski definition) is 0. The minimum atomic E-state index is -0.0236. The van der Waals surface area contributed by atoms with Gasteiger partial charge in [-0.15, -0.1) is 0 Å². The molecule has 0 radical (unpaired) electrons. The Hall–Kier alpha value is -2.34. The molecule has 0 heteroatoms. The van der Waals surface area contributed by atoms with Gasteiger partial charge >= 0.3 is 0 Å². The summed E-state index contributed by atoms with van der Waals surface area (Å²) in [6, 6.07) is 17.3. The van der Waals surface area contributed by atoms with Crippen molar-refractivity contribution >= 4 is 11.1 Å². The van der Waals surface area contributed by atoms with Crippen LogP contribution in [-0.2, 0) is 5.41 Å². The molecule has 0 saturated carbocycles. The lowest BCUT2D eigenvalue weighted by Crippen LogP contribution is -2.18. The van der Waals surface area contributed by atoms with Crippen molar-refractivity contribution in [3.63, 3.8) is 0 Å². The second-order valence-corrected chi connectivity index (χ2v) is 6.68. The van der Waals surface area contributed by atoms with E-state index in [9.17, 15) is 0 Å². The largest absolute Gasteiger partial charge is 0.0984 e. The Morgan fingerprint density at radius 1 is 1.00 bits per heavy atom. The van der Waals surface area contributed by atoms with Crippen LogP contribution < -0.4 is 0 Å². The van der Waals surface area contributed by atoms with Crippen LogP contribution in [-0.4, -0.2) is 0 Å². The van der Waals surface area contributed by atoms with Crippen LogP contribution in [0.4, 0.5) is 0 Å². The van der Waals surface area contributed by atoms with Crippen molar-refractivity contribution in [2.75, 3.05) is 0 Å². The van der Waals surface area contributed by atoms with Gasteiger partial charge in [-0.25, -0.2) is 0 Å².